The molecule has 1 saturated heterocycles. The van der Waals surface area contributed by atoms with Crippen LogP contribution in [0.2, 0.25) is 0 Å². The summed E-state index contributed by atoms with van der Waals surface area (Å²) in [7, 11) is 0. The van der Waals surface area contributed by atoms with Crippen LogP contribution in [0.3, 0.4) is 0 Å². The van der Waals surface area contributed by atoms with Crippen LogP contribution in [0.15, 0.2) is 67.0 Å². The highest BCUT2D eigenvalue weighted by atomic mass is 16.5. The number of anilines is 1. The van der Waals surface area contributed by atoms with Gasteiger partial charge in [0.05, 0.1) is 19.3 Å². The number of nitrogens with zero attached hydrogens (tertiary/aromatic N) is 3. The second-order valence-corrected chi connectivity index (χ2v) is 7.70. The first-order valence-corrected chi connectivity index (χ1v) is 10.4. The van der Waals surface area contributed by atoms with E-state index in [-0.39, 0.29) is 18.6 Å². The molecule has 2 aromatic heterocycles. The molecular weight excluding hydrogens is 392 g/mol. The Bertz CT molecular complexity index is 1170. The van der Waals surface area contributed by atoms with Crippen molar-refractivity contribution in [1.29, 1.82) is 0 Å². The van der Waals surface area contributed by atoms with Crippen LogP contribution >= 0.6 is 0 Å². The van der Waals surface area contributed by atoms with Gasteiger partial charge in [-0.3, -0.25) is 4.40 Å². The van der Waals surface area contributed by atoms with Crippen LogP contribution in [0.25, 0.3) is 16.8 Å². The molecule has 5 rings (SSSR count). The van der Waals surface area contributed by atoms with Gasteiger partial charge in [-0.05, 0) is 49.2 Å². The molecule has 0 saturated carbocycles. The molecule has 3 heterocycles. The van der Waals surface area contributed by atoms with E-state index in [9.17, 15) is 5.11 Å². The first-order valence-electron chi connectivity index (χ1n) is 10.4. The fourth-order valence-corrected chi connectivity index (χ4v) is 4.04. The summed E-state index contributed by atoms with van der Waals surface area (Å²) in [5.74, 6) is 3.01. The number of imidazole rings is 1. The number of aliphatic hydroxyl groups excluding tert-OH is 1. The van der Waals surface area contributed by atoms with E-state index in [1.165, 1.54) is 0 Å². The van der Waals surface area contributed by atoms with E-state index in [0.29, 0.717) is 12.4 Å². The Labute approximate surface area is 180 Å². The molecule has 4 aromatic rings. The molecule has 1 fully saturated rings. The highest BCUT2D eigenvalue weighted by Gasteiger charge is 2.27. The fourth-order valence-electron chi connectivity index (χ4n) is 4.04. The number of para-hydroxylation sites is 1. The lowest BCUT2D eigenvalue weighted by Crippen LogP contribution is -2.28. The number of nitrogen functional groups attached to an aromatic ring is 1. The third-order valence-electron chi connectivity index (χ3n) is 5.66. The fraction of sp³-hybridized carbons (Fsp3) is 0.250. The normalized spacial score (nSPS) is 18.9. The maximum Gasteiger partial charge on any atom is 0.150 e. The van der Waals surface area contributed by atoms with Crippen molar-refractivity contribution in [1.82, 2.24) is 14.4 Å². The molecule has 31 heavy (non-hydrogen) atoms. The zero-order valence-corrected chi connectivity index (χ0v) is 17.0. The van der Waals surface area contributed by atoms with Crippen LogP contribution in [-0.4, -0.2) is 38.8 Å². The monoisotopic (exact) mass is 416 g/mol. The summed E-state index contributed by atoms with van der Waals surface area (Å²) in [6.45, 7) is 0.574. The molecule has 2 atom stereocenters. The standard InChI is InChI=1S/C24H24N4O3/c25-23-22-21(16-6-9-19(10-7-16)31-18-4-2-1-3-5-18)27-24(28(22)13-12-26-23)17-8-11-20(14-29)30-15-17/h1-7,9-10,12-13,17,20,29H,8,11,14-15H2,(H2,25,26)/t17-,20+/m1/s1. The molecule has 3 N–H and O–H groups in total. The van der Waals surface area contributed by atoms with Crippen molar-refractivity contribution in [3.63, 3.8) is 0 Å². The minimum atomic E-state index is -0.0918. The Morgan fingerprint density at radius 2 is 1.84 bits per heavy atom. The van der Waals surface area contributed by atoms with Gasteiger partial charge in [0.15, 0.2) is 0 Å². The van der Waals surface area contributed by atoms with Gasteiger partial charge in [-0.15, -0.1) is 0 Å². The lowest BCUT2D eigenvalue weighted by molar-refractivity contribution is -0.0282. The van der Waals surface area contributed by atoms with Gasteiger partial charge in [-0.2, -0.15) is 0 Å². The SMILES string of the molecule is Nc1nccn2c([C@@H]3CC[C@@H](CO)OC3)nc(-c3ccc(Oc4ccccc4)cc3)c12. The molecule has 7 nitrogen and oxygen atoms in total. The second-order valence-electron chi connectivity index (χ2n) is 7.70. The Hall–Kier alpha value is -3.42. The van der Waals surface area contributed by atoms with Crippen molar-refractivity contribution in [2.24, 2.45) is 0 Å². The highest BCUT2D eigenvalue weighted by molar-refractivity contribution is 5.85. The maximum absolute atomic E-state index is 9.34. The molecule has 1 aliphatic heterocycles. The summed E-state index contributed by atoms with van der Waals surface area (Å²) in [6, 6.07) is 17.5. The van der Waals surface area contributed by atoms with Gasteiger partial charge in [0, 0.05) is 23.9 Å². The molecule has 1 aliphatic rings. The molecule has 0 bridgehead atoms. The first kappa shape index (κ1) is 19.5. The van der Waals surface area contributed by atoms with E-state index in [2.05, 4.69) is 4.98 Å². The number of fused-ring (bicyclic) bond motifs is 1. The van der Waals surface area contributed by atoms with Crippen molar-refractivity contribution in [2.75, 3.05) is 18.9 Å². The number of aliphatic hydroxyl groups is 1. The smallest absolute Gasteiger partial charge is 0.150 e. The van der Waals surface area contributed by atoms with Gasteiger partial charge in [-0.25, -0.2) is 9.97 Å². The average Bonchev–Trinajstić information content (AvgIpc) is 3.21. The van der Waals surface area contributed by atoms with Gasteiger partial charge < -0.3 is 20.3 Å². The van der Waals surface area contributed by atoms with Crippen molar-refractivity contribution in [3.8, 4) is 22.8 Å². The zero-order valence-electron chi connectivity index (χ0n) is 17.0. The quantitative estimate of drug-likeness (QED) is 0.510. The Kier molecular flexibility index (Phi) is 5.28. The number of ether oxygens (including phenoxy) is 2. The summed E-state index contributed by atoms with van der Waals surface area (Å²) < 4.78 is 13.7. The van der Waals surface area contributed by atoms with E-state index in [1.807, 2.05) is 65.2 Å². The van der Waals surface area contributed by atoms with Crippen LogP contribution < -0.4 is 10.5 Å². The molecule has 158 valence electrons. The predicted octanol–water partition coefficient (Wildman–Crippen LogP) is 4.03. The minimum Gasteiger partial charge on any atom is -0.457 e. The van der Waals surface area contributed by atoms with Crippen LogP contribution in [0.5, 0.6) is 11.5 Å². The summed E-state index contributed by atoms with van der Waals surface area (Å²) in [5.41, 5.74) is 8.77. The Morgan fingerprint density at radius 1 is 1.06 bits per heavy atom. The molecule has 0 radical (unpaired) electrons. The third-order valence-corrected chi connectivity index (χ3v) is 5.66. The van der Waals surface area contributed by atoms with E-state index < -0.39 is 0 Å². The number of rotatable bonds is 5. The number of benzene rings is 2. The topological polar surface area (TPSA) is 94.9 Å². The third kappa shape index (κ3) is 3.85. The van der Waals surface area contributed by atoms with Gasteiger partial charge in [-0.1, -0.05) is 18.2 Å². The van der Waals surface area contributed by atoms with Gasteiger partial charge in [0.25, 0.3) is 0 Å². The summed E-state index contributed by atoms with van der Waals surface area (Å²) in [4.78, 5) is 9.25. The summed E-state index contributed by atoms with van der Waals surface area (Å²) >= 11 is 0. The van der Waals surface area contributed by atoms with Crippen LogP contribution in [-0.2, 0) is 4.74 Å². The lowest BCUT2D eigenvalue weighted by atomic mass is 9.98. The van der Waals surface area contributed by atoms with E-state index in [1.54, 1.807) is 6.20 Å². The summed E-state index contributed by atoms with van der Waals surface area (Å²) in [6.07, 6.45) is 5.19. The van der Waals surface area contributed by atoms with Crippen LogP contribution in [0.1, 0.15) is 24.6 Å². The molecule has 0 amide bonds. The molecule has 0 aliphatic carbocycles. The molecule has 7 heteroatoms. The number of hydrogen-bond donors (Lipinski definition) is 2. The Morgan fingerprint density at radius 3 is 2.55 bits per heavy atom. The first-order chi connectivity index (χ1) is 15.2. The average molecular weight is 416 g/mol. The molecule has 2 aromatic carbocycles. The minimum absolute atomic E-state index is 0.0502. The van der Waals surface area contributed by atoms with Gasteiger partial charge in [0.1, 0.15) is 34.4 Å². The number of hydrogen-bond acceptors (Lipinski definition) is 6. The second kappa shape index (κ2) is 8.37. The lowest BCUT2D eigenvalue weighted by Gasteiger charge is -2.27. The van der Waals surface area contributed by atoms with Crippen LogP contribution in [0, 0.1) is 0 Å². The summed E-state index contributed by atoms with van der Waals surface area (Å²) in [5, 5.41) is 9.34. The molecule has 0 spiro atoms. The van der Waals surface area contributed by atoms with Gasteiger partial charge >= 0.3 is 0 Å². The van der Waals surface area contributed by atoms with E-state index >= 15 is 0 Å². The molecular formula is C24H24N4O3. The van der Waals surface area contributed by atoms with Crippen molar-refractivity contribution >= 4 is 11.3 Å². The number of nitrogens with two attached hydrogens (primary N) is 1. The van der Waals surface area contributed by atoms with Crippen molar-refractivity contribution in [3.05, 3.63) is 72.8 Å². The van der Waals surface area contributed by atoms with Gasteiger partial charge in [0.2, 0.25) is 0 Å². The predicted molar refractivity (Wildman–Crippen MR) is 118 cm³/mol. The maximum atomic E-state index is 9.34. The highest BCUT2D eigenvalue weighted by Crippen LogP contribution is 2.35. The van der Waals surface area contributed by atoms with Crippen molar-refractivity contribution in [2.45, 2.75) is 24.9 Å². The van der Waals surface area contributed by atoms with Crippen molar-refractivity contribution < 1.29 is 14.6 Å². The Balaban J connectivity index is 1.48. The van der Waals surface area contributed by atoms with Crippen LogP contribution in [0.4, 0.5) is 5.82 Å². The zero-order chi connectivity index (χ0) is 21.2. The largest absolute Gasteiger partial charge is 0.457 e. The van der Waals surface area contributed by atoms with E-state index in [0.717, 1.165) is 46.9 Å². The number of aromatic nitrogens is 3. The van der Waals surface area contributed by atoms with E-state index in [4.69, 9.17) is 20.2 Å². The molecule has 0 unspecified atom stereocenters.